The van der Waals surface area contributed by atoms with Crippen molar-refractivity contribution in [3.05, 3.63) is 39.9 Å². The lowest BCUT2D eigenvalue weighted by Gasteiger charge is -2.23. The van der Waals surface area contributed by atoms with Gasteiger partial charge in [0.2, 0.25) is 0 Å². The predicted octanol–water partition coefficient (Wildman–Crippen LogP) is 2.10. The zero-order valence-corrected chi connectivity index (χ0v) is 15.6. The second-order valence-corrected chi connectivity index (χ2v) is 5.43. The quantitative estimate of drug-likeness (QED) is 0.236. The molecule has 0 amide bonds. The highest BCUT2D eigenvalue weighted by Crippen LogP contribution is 2.15. The molecule has 0 aromatic heterocycles. The van der Waals surface area contributed by atoms with E-state index in [1.807, 2.05) is 0 Å². The lowest BCUT2D eigenvalue weighted by atomic mass is 10.2. The van der Waals surface area contributed by atoms with Crippen molar-refractivity contribution in [3.63, 3.8) is 0 Å². The first-order chi connectivity index (χ1) is 10.6. The van der Waals surface area contributed by atoms with Gasteiger partial charge in [-0.25, -0.2) is 4.99 Å². The van der Waals surface area contributed by atoms with Gasteiger partial charge in [0.1, 0.15) is 0 Å². The molecule has 0 spiro atoms. The van der Waals surface area contributed by atoms with Gasteiger partial charge in [-0.3, -0.25) is 15.0 Å². The highest BCUT2D eigenvalue weighted by atomic mass is 127. The van der Waals surface area contributed by atoms with E-state index in [1.54, 1.807) is 12.1 Å². The summed E-state index contributed by atoms with van der Waals surface area (Å²) in [4.78, 5) is 17.0. The van der Waals surface area contributed by atoms with Crippen molar-refractivity contribution in [2.75, 3.05) is 19.6 Å². The molecule has 1 saturated heterocycles. The third-order valence-corrected chi connectivity index (χ3v) is 3.98. The van der Waals surface area contributed by atoms with Crippen LogP contribution in [0.1, 0.15) is 25.3 Å². The molecule has 1 fully saturated rings. The number of aliphatic imine (C=N–C) groups is 1. The number of hydrogen-bond acceptors (Lipinski definition) is 4. The Labute approximate surface area is 153 Å². The zero-order valence-electron chi connectivity index (χ0n) is 13.3. The summed E-state index contributed by atoms with van der Waals surface area (Å²) in [6.45, 7) is 5.49. The molecule has 3 N–H and O–H groups in total. The number of nitro groups is 1. The molecule has 1 heterocycles. The number of hydrogen-bond donors (Lipinski definition) is 2. The molecule has 1 aliphatic rings. The highest BCUT2D eigenvalue weighted by molar-refractivity contribution is 14.0. The Bertz CT molecular complexity index is 552. The summed E-state index contributed by atoms with van der Waals surface area (Å²) in [5.74, 6) is 0.384. The van der Waals surface area contributed by atoms with E-state index in [0.29, 0.717) is 18.5 Å². The second-order valence-electron chi connectivity index (χ2n) is 5.43. The SMILES string of the molecule is CCN1CCCC1CNC(N)=NCc1cccc([N+](=O)[O-])c1.I. The minimum absolute atomic E-state index is 0. The van der Waals surface area contributed by atoms with Crippen LogP contribution < -0.4 is 11.1 Å². The topological polar surface area (TPSA) is 96.8 Å². The minimum atomic E-state index is -0.408. The Kier molecular flexibility index (Phi) is 8.24. The Balaban J connectivity index is 0.00000264. The Morgan fingerprint density at radius 3 is 3.04 bits per heavy atom. The van der Waals surface area contributed by atoms with Crippen molar-refractivity contribution in [3.8, 4) is 0 Å². The van der Waals surface area contributed by atoms with Crippen LogP contribution in [0.4, 0.5) is 5.69 Å². The Morgan fingerprint density at radius 2 is 2.35 bits per heavy atom. The van der Waals surface area contributed by atoms with Crippen molar-refractivity contribution in [1.82, 2.24) is 10.2 Å². The number of nitrogens with one attached hydrogen (secondary N) is 1. The second kappa shape index (κ2) is 9.66. The van der Waals surface area contributed by atoms with Gasteiger partial charge in [0.25, 0.3) is 5.69 Å². The first kappa shape index (κ1) is 19.6. The Hall–Kier alpha value is -1.42. The first-order valence-electron chi connectivity index (χ1n) is 7.61. The van der Waals surface area contributed by atoms with Gasteiger partial charge in [0.15, 0.2) is 5.96 Å². The highest BCUT2D eigenvalue weighted by Gasteiger charge is 2.22. The van der Waals surface area contributed by atoms with Crippen LogP contribution in [0.3, 0.4) is 0 Å². The Morgan fingerprint density at radius 1 is 1.57 bits per heavy atom. The predicted molar refractivity (Wildman–Crippen MR) is 102 cm³/mol. The third-order valence-electron chi connectivity index (χ3n) is 3.98. The molecule has 0 saturated carbocycles. The van der Waals surface area contributed by atoms with E-state index in [0.717, 1.165) is 25.2 Å². The molecule has 7 nitrogen and oxygen atoms in total. The van der Waals surface area contributed by atoms with Gasteiger partial charge in [0.05, 0.1) is 11.5 Å². The fraction of sp³-hybridized carbons (Fsp3) is 0.533. The number of non-ortho nitro benzene ring substituents is 1. The van der Waals surface area contributed by atoms with Crippen molar-refractivity contribution < 1.29 is 4.92 Å². The van der Waals surface area contributed by atoms with Crippen molar-refractivity contribution in [2.24, 2.45) is 10.7 Å². The summed E-state index contributed by atoms with van der Waals surface area (Å²) < 4.78 is 0. The molecule has 8 heteroatoms. The molecule has 0 aliphatic carbocycles. The minimum Gasteiger partial charge on any atom is -0.370 e. The van der Waals surface area contributed by atoms with Crippen molar-refractivity contribution in [2.45, 2.75) is 32.4 Å². The van der Waals surface area contributed by atoms with Gasteiger partial charge < -0.3 is 11.1 Å². The molecule has 0 bridgehead atoms. The maximum Gasteiger partial charge on any atom is 0.269 e. The van der Waals surface area contributed by atoms with Crippen LogP contribution in [0.15, 0.2) is 29.3 Å². The average molecular weight is 433 g/mol. The number of likely N-dealkylation sites (N-methyl/N-ethyl adjacent to an activating group) is 1. The van der Waals surface area contributed by atoms with Gasteiger partial charge in [-0.15, -0.1) is 24.0 Å². The van der Waals surface area contributed by atoms with Crippen LogP contribution in [0, 0.1) is 10.1 Å². The summed E-state index contributed by atoms with van der Waals surface area (Å²) in [5, 5.41) is 13.9. The normalized spacial score (nSPS) is 18.5. The number of guanidine groups is 1. The van der Waals surface area contributed by atoms with Gasteiger partial charge in [0, 0.05) is 24.7 Å². The van der Waals surface area contributed by atoms with Gasteiger partial charge in [-0.1, -0.05) is 19.1 Å². The van der Waals surface area contributed by atoms with E-state index in [-0.39, 0.29) is 29.7 Å². The molecule has 23 heavy (non-hydrogen) atoms. The van der Waals surface area contributed by atoms with Crippen LogP contribution in [-0.2, 0) is 6.54 Å². The fourth-order valence-corrected chi connectivity index (χ4v) is 2.77. The summed E-state index contributed by atoms with van der Waals surface area (Å²) in [6.07, 6.45) is 2.41. The number of rotatable bonds is 6. The number of benzene rings is 1. The molecule has 1 aromatic rings. The fourth-order valence-electron chi connectivity index (χ4n) is 2.77. The van der Waals surface area contributed by atoms with Crippen LogP contribution in [0.5, 0.6) is 0 Å². The molecular weight excluding hydrogens is 409 g/mol. The molecular formula is C15H24IN5O2. The lowest BCUT2D eigenvalue weighted by molar-refractivity contribution is -0.384. The van der Waals surface area contributed by atoms with Gasteiger partial charge in [-0.2, -0.15) is 0 Å². The molecule has 1 unspecified atom stereocenters. The summed E-state index contributed by atoms with van der Waals surface area (Å²) in [7, 11) is 0. The van der Waals surface area contributed by atoms with Crippen LogP contribution in [-0.4, -0.2) is 41.5 Å². The summed E-state index contributed by atoms with van der Waals surface area (Å²) >= 11 is 0. The van der Waals surface area contributed by atoms with Crippen LogP contribution >= 0.6 is 24.0 Å². The summed E-state index contributed by atoms with van der Waals surface area (Å²) in [6, 6.07) is 6.96. The molecule has 1 aromatic carbocycles. The first-order valence-corrected chi connectivity index (χ1v) is 7.61. The summed E-state index contributed by atoms with van der Waals surface area (Å²) in [5.41, 5.74) is 6.72. The smallest absolute Gasteiger partial charge is 0.269 e. The number of likely N-dealkylation sites (tertiary alicyclic amines) is 1. The standard InChI is InChI=1S/C15H23N5O2.HI/c1-2-19-8-4-7-14(19)11-18-15(16)17-10-12-5-3-6-13(9-12)20(21)22;/h3,5-6,9,14H,2,4,7-8,10-11H2,1H3,(H3,16,17,18);1H. The third kappa shape index (κ3) is 5.94. The van der Waals surface area contributed by atoms with E-state index in [4.69, 9.17) is 5.73 Å². The molecule has 128 valence electrons. The zero-order chi connectivity index (χ0) is 15.9. The van der Waals surface area contributed by atoms with Crippen molar-refractivity contribution in [1.29, 1.82) is 0 Å². The number of nitrogens with zero attached hydrogens (tertiary/aromatic N) is 3. The number of nitrogens with two attached hydrogens (primary N) is 1. The maximum atomic E-state index is 10.7. The lowest BCUT2D eigenvalue weighted by Crippen LogP contribution is -2.42. The van der Waals surface area contributed by atoms with E-state index in [9.17, 15) is 10.1 Å². The van der Waals surface area contributed by atoms with E-state index in [2.05, 4.69) is 22.1 Å². The average Bonchev–Trinajstić information content (AvgIpc) is 2.98. The van der Waals surface area contributed by atoms with Crippen LogP contribution in [0.25, 0.3) is 0 Å². The van der Waals surface area contributed by atoms with Crippen molar-refractivity contribution >= 4 is 35.6 Å². The molecule has 2 rings (SSSR count). The monoisotopic (exact) mass is 433 g/mol. The van der Waals surface area contributed by atoms with E-state index >= 15 is 0 Å². The van der Waals surface area contributed by atoms with Gasteiger partial charge >= 0.3 is 0 Å². The van der Waals surface area contributed by atoms with E-state index < -0.39 is 4.92 Å². The molecule has 1 atom stereocenters. The molecule has 0 radical (unpaired) electrons. The van der Waals surface area contributed by atoms with Crippen LogP contribution in [0.2, 0.25) is 0 Å². The number of halogens is 1. The van der Waals surface area contributed by atoms with Gasteiger partial charge in [-0.05, 0) is 31.5 Å². The molecule has 1 aliphatic heterocycles. The van der Waals surface area contributed by atoms with E-state index in [1.165, 1.54) is 25.0 Å². The largest absolute Gasteiger partial charge is 0.370 e. The maximum absolute atomic E-state index is 10.7. The number of nitro benzene ring substituents is 1.